The molecule has 33 heavy (non-hydrogen) atoms. The van der Waals surface area contributed by atoms with E-state index in [1.165, 1.54) is 51.4 Å². The highest BCUT2D eigenvalue weighted by atomic mass is 19.4. The van der Waals surface area contributed by atoms with E-state index in [2.05, 4.69) is 19.1 Å². The zero-order chi connectivity index (χ0) is 23.6. The van der Waals surface area contributed by atoms with Crippen molar-refractivity contribution in [3.63, 3.8) is 0 Å². The van der Waals surface area contributed by atoms with Crippen molar-refractivity contribution in [2.24, 2.45) is 29.6 Å². The van der Waals surface area contributed by atoms with Crippen LogP contribution in [-0.4, -0.2) is 0 Å². The summed E-state index contributed by atoms with van der Waals surface area (Å²) in [5.74, 6) is 0.823. The molecule has 0 nitrogen and oxygen atoms in total. The fourth-order valence-electron chi connectivity index (χ4n) is 6.62. The minimum Gasteiger partial charge on any atom is -0.206 e. The number of halogens is 5. The van der Waals surface area contributed by atoms with Crippen LogP contribution in [0.25, 0.3) is 0 Å². The summed E-state index contributed by atoms with van der Waals surface area (Å²) in [6.45, 7) is 2.38. The van der Waals surface area contributed by atoms with Crippen LogP contribution in [0, 0.1) is 41.2 Å². The molecule has 1 aromatic rings. The lowest BCUT2D eigenvalue weighted by molar-refractivity contribution is -0.142. The maximum atomic E-state index is 14.0. The number of rotatable bonds is 4. The highest BCUT2D eigenvalue weighted by Gasteiger charge is 2.38. The van der Waals surface area contributed by atoms with Crippen molar-refractivity contribution in [2.75, 3.05) is 0 Å². The van der Waals surface area contributed by atoms with Crippen molar-refractivity contribution < 1.29 is 22.0 Å². The maximum Gasteiger partial charge on any atom is 0.422 e. The molecule has 3 aliphatic carbocycles. The van der Waals surface area contributed by atoms with E-state index in [1.807, 2.05) is 0 Å². The molecule has 0 heterocycles. The van der Waals surface area contributed by atoms with Crippen LogP contribution in [0.3, 0.4) is 0 Å². The van der Waals surface area contributed by atoms with Gasteiger partial charge in [0, 0.05) is 0 Å². The smallest absolute Gasteiger partial charge is 0.206 e. The predicted molar refractivity (Wildman–Crippen MR) is 122 cm³/mol. The zero-order valence-corrected chi connectivity index (χ0v) is 19.6. The Labute approximate surface area is 195 Å². The van der Waals surface area contributed by atoms with Gasteiger partial charge in [-0.1, -0.05) is 31.9 Å². The second-order valence-corrected chi connectivity index (χ2v) is 11.0. The van der Waals surface area contributed by atoms with Crippen LogP contribution in [0.4, 0.5) is 22.0 Å². The van der Waals surface area contributed by atoms with E-state index in [-0.39, 0.29) is 5.92 Å². The van der Waals surface area contributed by atoms with Crippen LogP contribution in [-0.2, 0) is 6.18 Å². The second-order valence-electron chi connectivity index (χ2n) is 11.0. The Kier molecular flexibility index (Phi) is 7.85. The lowest BCUT2D eigenvalue weighted by Gasteiger charge is -2.36. The minimum absolute atomic E-state index is 0.0745. The van der Waals surface area contributed by atoms with Gasteiger partial charge in [-0.25, -0.2) is 8.78 Å². The monoisotopic (exact) mass is 468 g/mol. The number of hydrogen-bond acceptors (Lipinski definition) is 0. The normalized spacial score (nSPS) is 34.0. The topological polar surface area (TPSA) is 0 Å². The maximum absolute atomic E-state index is 14.0. The van der Waals surface area contributed by atoms with Gasteiger partial charge in [0.1, 0.15) is 17.2 Å². The number of alkyl halides is 3. The quantitative estimate of drug-likeness (QED) is 0.305. The molecule has 0 bridgehead atoms. The Morgan fingerprint density at radius 2 is 1.09 bits per heavy atom. The molecule has 0 N–H and O–H groups in total. The molecule has 0 saturated heterocycles. The summed E-state index contributed by atoms with van der Waals surface area (Å²) in [6.07, 6.45) is 14.0. The van der Waals surface area contributed by atoms with Crippen LogP contribution < -0.4 is 0 Å². The lowest BCUT2D eigenvalue weighted by Crippen LogP contribution is -2.24. The van der Waals surface area contributed by atoms with Gasteiger partial charge in [0.2, 0.25) is 0 Å². The highest BCUT2D eigenvalue weighted by molar-refractivity contribution is 5.31. The van der Waals surface area contributed by atoms with Crippen molar-refractivity contribution >= 4 is 0 Å². The molecule has 0 amide bonds. The third-order valence-electron chi connectivity index (χ3n) is 8.79. The third kappa shape index (κ3) is 6.19. The average molecular weight is 469 g/mol. The van der Waals surface area contributed by atoms with Gasteiger partial charge in [-0.05, 0) is 117 Å². The summed E-state index contributed by atoms with van der Waals surface area (Å²) in [7, 11) is 0. The summed E-state index contributed by atoms with van der Waals surface area (Å²) >= 11 is 0. The first-order valence-electron chi connectivity index (χ1n) is 12.9. The molecule has 5 heteroatoms. The van der Waals surface area contributed by atoms with Gasteiger partial charge < -0.3 is 0 Å². The van der Waals surface area contributed by atoms with Crippen LogP contribution in [0.2, 0.25) is 0 Å². The van der Waals surface area contributed by atoms with E-state index in [9.17, 15) is 22.0 Å². The van der Waals surface area contributed by atoms with Gasteiger partial charge in [0.25, 0.3) is 0 Å². The van der Waals surface area contributed by atoms with Crippen LogP contribution in [0.15, 0.2) is 24.3 Å². The van der Waals surface area contributed by atoms with Crippen molar-refractivity contribution in [2.45, 2.75) is 96.1 Å². The molecule has 3 saturated carbocycles. The molecule has 0 atom stereocenters. The Hall–Kier alpha value is -1.39. The Morgan fingerprint density at radius 1 is 0.667 bits per heavy atom. The molecule has 3 fully saturated rings. The molecular weight excluding hydrogens is 431 g/mol. The van der Waals surface area contributed by atoms with E-state index in [0.717, 1.165) is 55.6 Å². The highest BCUT2D eigenvalue weighted by Crippen LogP contribution is 2.43. The first kappa shape index (κ1) is 24.7. The third-order valence-corrected chi connectivity index (χ3v) is 8.79. The van der Waals surface area contributed by atoms with Crippen molar-refractivity contribution in [1.29, 1.82) is 0 Å². The molecule has 0 aliphatic heterocycles. The molecule has 0 spiro atoms. The number of allylic oxidation sites excluding steroid dienone is 2. The van der Waals surface area contributed by atoms with E-state index >= 15 is 0 Å². The first-order valence-corrected chi connectivity index (χ1v) is 12.9. The van der Waals surface area contributed by atoms with Crippen LogP contribution >= 0.6 is 0 Å². The molecule has 1 aromatic carbocycles. The molecule has 3 aliphatic rings. The van der Waals surface area contributed by atoms with Crippen molar-refractivity contribution in [3.8, 4) is 0 Å². The Bertz CT molecular complexity index is 779. The molecule has 184 valence electrons. The van der Waals surface area contributed by atoms with E-state index in [0.29, 0.717) is 17.4 Å². The molecule has 0 radical (unpaired) electrons. The molecule has 4 rings (SSSR count). The fraction of sp³-hybridized carbons (Fsp3) is 0.714. The Morgan fingerprint density at radius 3 is 1.55 bits per heavy atom. The zero-order valence-electron chi connectivity index (χ0n) is 19.6. The van der Waals surface area contributed by atoms with Crippen LogP contribution in [0.5, 0.6) is 0 Å². The largest absolute Gasteiger partial charge is 0.422 e. The molecular formula is C28H37F5. The van der Waals surface area contributed by atoms with E-state index in [1.54, 1.807) is 0 Å². The average Bonchev–Trinajstić information content (AvgIpc) is 2.77. The van der Waals surface area contributed by atoms with Gasteiger partial charge in [-0.2, -0.15) is 13.2 Å². The molecule has 0 aromatic heterocycles. The standard InChI is InChI=1S/C28H37F5/c1-18-2-10-21(11-3-18)22-12-6-19(7-13-22)4-5-20-8-14-23(15-9-20)24-16-25(29)27(26(30)17-24)28(31,32)33/h4-5,16-23H,2-3,6-15H2,1H3/b5-4+. The van der Waals surface area contributed by atoms with E-state index < -0.39 is 23.4 Å². The minimum atomic E-state index is -5.01. The van der Waals surface area contributed by atoms with Gasteiger partial charge >= 0.3 is 6.18 Å². The van der Waals surface area contributed by atoms with Crippen LogP contribution in [0.1, 0.15) is 101 Å². The van der Waals surface area contributed by atoms with Gasteiger partial charge in [-0.3, -0.25) is 0 Å². The predicted octanol–water partition coefficient (Wildman–Crippen LogP) is 9.45. The SMILES string of the molecule is CC1CCC(C2CCC(/C=C/C3CCC(c4cc(F)c(C(F)(F)F)c(F)c4)CC3)CC2)CC1. The van der Waals surface area contributed by atoms with Crippen molar-refractivity contribution in [1.82, 2.24) is 0 Å². The summed E-state index contributed by atoms with van der Waals surface area (Å²) < 4.78 is 66.4. The van der Waals surface area contributed by atoms with E-state index in [4.69, 9.17) is 0 Å². The van der Waals surface area contributed by atoms with Gasteiger partial charge in [0.05, 0.1) is 0 Å². The summed E-state index contributed by atoms with van der Waals surface area (Å²) in [5.41, 5.74) is -1.42. The fourth-order valence-corrected chi connectivity index (χ4v) is 6.62. The van der Waals surface area contributed by atoms with Gasteiger partial charge in [-0.15, -0.1) is 0 Å². The lowest BCUT2D eigenvalue weighted by atomic mass is 9.69. The Balaban J connectivity index is 1.24. The van der Waals surface area contributed by atoms with Gasteiger partial charge in [0.15, 0.2) is 0 Å². The van der Waals surface area contributed by atoms with Crippen molar-refractivity contribution in [3.05, 3.63) is 47.0 Å². The summed E-state index contributed by atoms with van der Waals surface area (Å²) in [4.78, 5) is 0. The summed E-state index contributed by atoms with van der Waals surface area (Å²) in [5, 5.41) is 0. The molecule has 0 unspecified atom stereocenters. The first-order chi connectivity index (χ1) is 15.7. The second kappa shape index (κ2) is 10.5. The number of hydrogen-bond donors (Lipinski definition) is 0. The summed E-state index contributed by atoms with van der Waals surface area (Å²) in [6, 6.07) is 1.77. The number of benzene rings is 1.